The van der Waals surface area contributed by atoms with Gasteiger partial charge in [-0.1, -0.05) is 12.8 Å². The van der Waals surface area contributed by atoms with E-state index in [9.17, 15) is 19.0 Å². The van der Waals surface area contributed by atoms with Crippen molar-refractivity contribution in [1.29, 1.82) is 0 Å². The van der Waals surface area contributed by atoms with Crippen LogP contribution >= 0.6 is 15.9 Å². The number of aliphatic hydroxyl groups is 1. The molecule has 0 amide bonds. The van der Waals surface area contributed by atoms with Crippen LogP contribution < -0.4 is 14.4 Å². The van der Waals surface area contributed by atoms with Crippen LogP contribution in [0.2, 0.25) is 0 Å². The van der Waals surface area contributed by atoms with Crippen molar-refractivity contribution >= 4 is 43.4 Å². The molecule has 4 aliphatic heterocycles. The third kappa shape index (κ3) is 4.76. The molecule has 1 aromatic carbocycles. The molecule has 9 nitrogen and oxygen atoms in total. The molecular formula is C33H33BrF3N5O4. The maximum absolute atomic E-state index is 17.0. The van der Waals surface area contributed by atoms with Crippen LogP contribution in [-0.4, -0.2) is 86.8 Å². The number of aromatic nitrogens is 3. The number of phenolic OH excluding ortho intramolecular Hbond substituents is 1. The number of anilines is 1. The van der Waals surface area contributed by atoms with Gasteiger partial charge in [0, 0.05) is 36.0 Å². The summed E-state index contributed by atoms with van der Waals surface area (Å²) in [6.07, 6.45) is 5.63. The average Bonchev–Trinajstić information content (AvgIpc) is 3.41. The molecule has 0 saturated carbocycles. The predicted molar refractivity (Wildman–Crippen MR) is 169 cm³/mol. The van der Waals surface area contributed by atoms with E-state index in [0.29, 0.717) is 24.0 Å². The molecule has 0 bridgehead atoms. The van der Waals surface area contributed by atoms with Gasteiger partial charge in [0.25, 0.3) is 0 Å². The fourth-order valence-electron chi connectivity index (χ4n) is 8.10. The van der Waals surface area contributed by atoms with Gasteiger partial charge in [0.05, 0.1) is 51.5 Å². The number of pyridine rings is 3. The van der Waals surface area contributed by atoms with Crippen molar-refractivity contribution in [2.24, 2.45) is 0 Å². The lowest BCUT2D eigenvalue weighted by Crippen LogP contribution is -2.46. The molecule has 3 aromatic heterocycles. The molecule has 242 valence electrons. The first-order chi connectivity index (χ1) is 22.3. The van der Waals surface area contributed by atoms with E-state index in [0.717, 1.165) is 51.3 Å². The van der Waals surface area contributed by atoms with E-state index in [-0.39, 0.29) is 81.6 Å². The Morgan fingerprint density at radius 3 is 2.80 bits per heavy atom. The number of aromatic hydroxyl groups is 1. The topological polar surface area (TPSA) is 104 Å². The third-order valence-corrected chi connectivity index (χ3v) is 11.0. The Morgan fingerprint density at radius 2 is 1.96 bits per heavy atom. The molecule has 0 radical (unpaired) electrons. The summed E-state index contributed by atoms with van der Waals surface area (Å²) < 4.78 is 59.0. The van der Waals surface area contributed by atoms with Gasteiger partial charge in [-0.25, -0.2) is 23.1 Å². The lowest BCUT2D eigenvalue weighted by Gasteiger charge is -2.36. The third-order valence-electron chi connectivity index (χ3n) is 10.2. The van der Waals surface area contributed by atoms with Crippen molar-refractivity contribution in [3.63, 3.8) is 0 Å². The number of rotatable bonds is 5. The van der Waals surface area contributed by atoms with E-state index in [1.54, 1.807) is 6.07 Å². The molecule has 0 spiro atoms. The summed E-state index contributed by atoms with van der Waals surface area (Å²) >= 11 is 3.28. The van der Waals surface area contributed by atoms with E-state index < -0.39 is 23.3 Å². The number of benzene rings is 1. The Labute approximate surface area is 271 Å². The second-order valence-corrected chi connectivity index (χ2v) is 13.7. The second-order valence-electron chi connectivity index (χ2n) is 12.9. The van der Waals surface area contributed by atoms with Crippen LogP contribution in [0, 0.1) is 11.6 Å². The van der Waals surface area contributed by atoms with Crippen molar-refractivity contribution in [2.45, 2.75) is 68.7 Å². The molecule has 46 heavy (non-hydrogen) atoms. The van der Waals surface area contributed by atoms with E-state index in [2.05, 4.69) is 40.7 Å². The number of hydrogen-bond acceptors (Lipinski definition) is 9. The zero-order valence-electron chi connectivity index (χ0n) is 25.0. The monoisotopic (exact) mass is 699 g/mol. The molecule has 4 aromatic rings. The molecule has 0 unspecified atom stereocenters. The second kappa shape index (κ2) is 11.4. The number of ether oxygens (including phenoxy) is 2. The highest BCUT2D eigenvalue weighted by Gasteiger charge is 2.49. The summed E-state index contributed by atoms with van der Waals surface area (Å²) in [4.78, 5) is 17.7. The number of nitrogens with zero attached hydrogens (tertiary/aromatic N) is 5. The van der Waals surface area contributed by atoms with Crippen molar-refractivity contribution in [1.82, 2.24) is 19.9 Å². The minimum Gasteiger partial charge on any atom is -0.508 e. The molecule has 3 fully saturated rings. The number of phenols is 1. The standard InChI is InChI=1S/C33H33BrF3N5O4/c34-28-22(36)12-38-23-9-20(44)8-21(26(23)28)30-29(37)31-27-24(42-18(14-43)4-1-2-5-19(42)15-45-32(27)40-30)10-25(39-31)46-16-33-6-3-7-41(33)13-17(35)11-33/h8-10,12,17-19,43-44H,1-7,11,13-16H2/t17-,18-,19+,33+/m1/s1. The summed E-state index contributed by atoms with van der Waals surface area (Å²) in [5, 5.41) is 21.6. The van der Waals surface area contributed by atoms with Crippen molar-refractivity contribution in [3.05, 3.63) is 40.5 Å². The molecule has 0 aliphatic carbocycles. The van der Waals surface area contributed by atoms with Crippen LogP contribution in [0.3, 0.4) is 0 Å². The molecule has 8 rings (SSSR count). The number of hydrogen-bond donors (Lipinski definition) is 2. The Balaban J connectivity index is 1.34. The minimum atomic E-state index is -0.928. The van der Waals surface area contributed by atoms with Crippen LogP contribution in [0.5, 0.6) is 17.5 Å². The smallest absolute Gasteiger partial charge is 0.225 e. The lowest BCUT2D eigenvalue weighted by atomic mass is 9.95. The lowest BCUT2D eigenvalue weighted by molar-refractivity contribution is 0.111. The Bertz CT molecular complexity index is 1870. The number of halogens is 4. The first-order valence-corrected chi connectivity index (χ1v) is 16.6. The fourth-order valence-corrected chi connectivity index (χ4v) is 8.61. The molecular weight excluding hydrogens is 667 g/mol. The summed E-state index contributed by atoms with van der Waals surface area (Å²) in [7, 11) is 0. The van der Waals surface area contributed by atoms with E-state index in [4.69, 9.17) is 9.47 Å². The van der Waals surface area contributed by atoms with Crippen LogP contribution in [-0.2, 0) is 0 Å². The summed E-state index contributed by atoms with van der Waals surface area (Å²) in [6.45, 7) is 1.53. The summed E-state index contributed by atoms with van der Waals surface area (Å²) in [5.41, 5.74) is 0.241. The van der Waals surface area contributed by atoms with Crippen molar-refractivity contribution < 1.29 is 32.9 Å². The van der Waals surface area contributed by atoms with Crippen molar-refractivity contribution in [3.8, 4) is 28.8 Å². The van der Waals surface area contributed by atoms with Gasteiger partial charge in [0.1, 0.15) is 36.3 Å². The fraction of sp³-hybridized carbons (Fsp3) is 0.485. The largest absolute Gasteiger partial charge is 0.508 e. The number of fused-ring (bicyclic) bond motifs is 4. The first kappa shape index (κ1) is 29.9. The molecule has 7 heterocycles. The van der Waals surface area contributed by atoms with Gasteiger partial charge in [0.2, 0.25) is 11.8 Å². The quantitative estimate of drug-likeness (QED) is 0.258. The van der Waals surface area contributed by atoms with Crippen LogP contribution in [0.25, 0.3) is 33.1 Å². The van der Waals surface area contributed by atoms with Gasteiger partial charge < -0.3 is 24.6 Å². The maximum atomic E-state index is 17.0. The Morgan fingerprint density at radius 1 is 1.11 bits per heavy atom. The highest BCUT2D eigenvalue weighted by molar-refractivity contribution is 9.10. The van der Waals surface area contributed by atoms with Crippen LogP contribution in [0.15, 0.2) is 28.9 Å². The van der Waals surface area contributed by atoms with Gasteiger partial charge in [0.15, 0.2) is 11.6 Å². The summed E-state index contributed by atoms with van der Waals surface area (Å²) in [5.74, 6) is -1.36. The van der Waals surface area contributed by atoms with E-state index in [1.807, 2.05) is 0 Å². The molecule has 4 aliphatic rings. The van der Waals surface area contributed by atoms with Gasteiger partial charge in [-0.2, -0.15) is 0 Å². The molecule has 13 heteroatoms. The van der Waals surface area contributed by atoms with Gasteiger partial charge in [-0.3, -0.25) is 9.88 Å². The predicted octanol–water partition coefficient (Wildman–Crippen LogP) is 6.05. The molecule has 2 N–H and O–H groups in total. The van der Waals surface area contributed by atoms with Crippen LogP contribution in [0.4, 0.5) is 18.9 Å². The van der Waals surface area contributed by atoms with Gasteiger partial charge >= 0.3 is 0 Å². The van der Waals surface area contributed by atoms with E-state index in [1.165, 1.54) is 12.1 Å². The molecule has 3 saturated heterocycles. The minimum absolute atomic E-state index is 0.0496. The van der Waals surface area contributed by atoms with Crippen LogP contribution in [0.1, 0.15) is 44.9 Å². The highest BCUT2D eigenvalue weighted by Crippen LogP contribution is 2.47. The van der Waals surface area contributed by atoms with E-state index >= 15 is 4.39 Å². The highest BCUT2D eigenvalue weighted by atomic mass is 79.9. The average molecular weight is 701 g/mol. The van der Waals surface area contributed by atoms with Gasteiger partial charge in [-0.05, 0) is 54.2 Å². The Kier molecular flexibility index (Phi) is 7.41. The zero-order chi connectivity index (χ0) is 31.7. The summed E-state index contributed by atoms with van der Waals surface area (Å²) in [6, 6.07) is 4.07. The normalized spacial score (nSPS) is 26.1. The Hall–Kier alpha value is -3.42. The SMILES string of the molecule is OC[C@H]1CCCC[C@H]2COc3nc(-c4cc(O)cc5ncc(F)c(Br)c45)c(F)c4nc(OC[C@@]56CCCN5C[C@H](F)C6)cc(c34)N12. The van der Waals surface area contributed by atoms with Gasteiger partial charge in [-0.15, -0.1) is 0 Å². The zero-order valence-corrected chi connectivity index (χ0v) is 26.6. The number of alkyl halides is 1. The maximum Gasteiger partial charge on any atom is 0.225 e. The van der Waals surface area contributed by atoms with Crippen molar-refractivity contribution in [2.75, 3.05) is 37.8 Å². The molecule has 4 atom stereocenters. The number of aliphatic hydroxyl groups excluding tert-OH is 1. The first-order valence-electron chi connectivity index (χ1n) is 15.8.